The smallest absolute Gasteiger partial charge is 0.310 e. The average Bonchev–Trinajstić information content (AvgIpc) is 2.96. The molecule has 0 aromatic heterocycles. The Hall–Kier alpha value is -2.74. The quantitative estimate of drug-likeness (QED) is 0.545. The number of hydrogen-bond donors (Lipinski definition) is 0. The summed E-state index contributed by atoms with van der Waals surface area (Å²) in [6.45, 7) is 1.39. The molecule has 0 saturated carbocycles. The summed E-state index contributed by atoms with van der Waals surface area (Å²) in [5, 5.41) is 0. The lowest BCUT2D eigenvalue weighted by atomic mass is 10.0. The molecule has 0 saturated heterocycles. The summed E-state index contributed by atoms with van der Waals surface area (Å²) < 4.78 is 43.1. The first kappa shape index (κ1) is 20.0. The fourth-order valence-electron chi connectivity index (χ4n) is 3.33. The van der Waals surface area contributed by atoms with Crippen molar-refractivity contribution in [3.63, 3.8) is 0 Å². The van der Waals surface area contributed by atoms with Crippen LogP contribution in [0.5, 0.6) is 0 Å². The lowest BCUT2D eigenvalue weighted by Crippen LogP contribution is -2.34. The van der Waals surface area contributed by atoms with E-state index in [1.54, 1.807) is 19.1 Å². The third-order valence-corrected chi connectivity index (χ3v) is 5.81. The van der Waals surface area contributed by atoms with Crippen LogP contribution in [0.1, 0.15) is 28.4 Å². The topological polar surface area (TPSA) is 80.8 Å². The molecule has 2 aromatic rings. The molecule has 1 atom stereocenters. The molecule has 0 fully saturated rings. The van der Waals surface area contributed by atoms with Crippen molar-refractivity contribution in [1.82, 2.24) is 0 Å². The van der Waals surface area contributed by atoms with Crippen molar-refractivity contribution in [2.75, 3.05) is 17.2 Å². The van der Waals surface area contributed by atoms with Gasteiger partial charge in [0.2, 0.25) is 10.0 Å². The number of nitrogens with zero attached hydrogens (tertiary/aromatic N) is 1. The molecular formula is C20H20FNO5S. The van der Waals surface area contributed by atoms with Crippen LogP contribution in [-0.4, -0.2) is 39.1 Å². The fraction of sp³-hybridized carbons (Fsp3) is 0.300. The number of ketones is 1. The maximum atomic E-state index is 12.9. The summed E-state index contributed by atoms with van der Waals surface area (Å²) in [7, 11) is -3.40. The highest BCUT2D eigenvalue weighted by molar-refractivity contribution is 7.92. The predicted octanol–water partition coefficient (Wildman–Crippen LogP) is 2.50. The zero-order valence-corrected chi connectivity index (χ0v) is 16.3. The predicted molar refractivity (Wildman–Crippen MR) is 102 cm³/mol. The summed E-state index contributed by atoms with van der Waals surface area (Å²) in [5.41, 5.74) is 2.28. The van der Waals surface area contributed by atoms with E-state index in [-0.39, 0.29) is 18.2 Å². The highest BCUT2D eigenvalue weighted by atomic mass is 32.2. The van der Waals surface area contributed by atoms with E-state index in [9.17, 15) is 22.4 Å². The molecule has 0 unspecified atom stereocenters. The van der Waals surface area contributed by atoms with Crippen molar-refractivity contribution < 1.29 is 27.1 Å². The van der Waals surface area contributed by atoms with E-state index in [1.165, 1.54) is 34.6 Å². The van der Waals surface area contributed by atoms with Gasteiger partial charge in [0.05, 0.1) is 18.4 Å². The molecule has 3 rings (SSSR count). The zero-order valence-electron chi connectivity index (χ0n) is 15.5. The number of anilines is 1. The Labute approximate surface area is 163 Å². The first-order valence-corrected chi connectivity index (χ1v) is 10.6. The van der Waals surface area contributed by atoms with Gasteiger partial charge in [-0.05, 0) is 54.8 Å². The minimum absolute atomic E-state index is 0.0570. The maximum absolute atomic E-state index is 12.9. The number of hydrogen-bond acceptors (Lipinski definition) is 5. The van der Waals surface area contributed by atoms with Crippen LogP contribution < -0.4 is 4.31 Å². The largest absolute Gasteiger partial charge is 0.457 e. The molecule has 0 amide bonds. The minimum atomic E-state index is -3.40. The summed E-state index contributed by atoms with van der Waals surface area (Å²) in [6, 6.07) is 10.0. The molecule has 0 N–H and O–H groups in total. The number of benzene rings is 2. The lowest BCUT2D eigenvalue weighted by molar-refractivity contribution is -0.141. The Morgan fingerprint density at radius 1 is 1.18 bits per heavy atom. The number of fused-ring (bicyclic) bond motifs is 1. The third kappa shape index (κ3) is 4.39. The average molecular weight is 405 g/mol. The van der Waals surface area contributed by atoms with E-state index in [4.69, 9.17) is 4.74 Å². The van der Waals surface area contributed by atoms with Crippen molar-refractivity contribution >= 4 is 27.5 Å². The van der Waals surface area contributed by atoms with Crippen molar-refractivity contribution in [2.24, 2.45) is 0 Å². The molecule has 28 heavy (non-hydrogen) atoms. The van der Waals surface area contributed by atoms with Crippen molar-refractivity contribution in [2.45, 2.75) is 25.8 Å². The van der Waals surface area contributed by atoms with E-state index >= 15 is 0 Å². The number of halogens is 1. The zero-order chi connectivity index (χ0) is 20.5. The van der Waals surface area contributed by atoms with Gasteiger partial charge in [-0.15, -0.1) is 0 Å². The first-order valence-electron chi connectivity index (χ1n) is 8.71. The van der Waals surface area contributed by atoms with Crippen LogP contribution in [0, 0.1) is 5.82 Å². The molecule has 1 aliphatic rings. The van der Waals surface area contributed by atoms with Gasteiger partial charge in [-0.3, -0.25) is 13.9 Å². The number of esters is 1. The maximum Gasteiger partial charge on any atom is 0.310 e. The summed E-state index contributed by atoms with van der Waals surface area (Å²) in [4.78, 5) is 24.2. The van der Waals surface area contributed by atoms with Crippen LogP contribution in [-0.2, 0) is 32.4 Å². The van der Waals surface area contributed by atoms with Crippen LogP contribution in [0.4, 0.5) is 10.1 Å². The van der Waals surface area contributed by atoms with Crippen molar-refractivity contribution in [1.29, 1.82) is 0 Å². The molecule has 2 aromatic carbocycles. The third-order valence-electron chi connectivity index (χ3n) is 4.54. The van der Waals surface area contributed by atoms with Gasteiger partial charge in [0.1, 0.15) is 5.82 Å². The molecule has 0 radical (unpaired) electrons. The SMILES string of the molecule is C[C@H]1Cc2cc(C(=O)COC(=O)Cc3ccc(F)cc3)ccc2N1S(C)(=O)=O. The van der Waals surface area contributed by atoms with Crippen LogP contribution >= 0.6 is 0 Å². The summed E-state index contributed by atoms with van der Waals surface area (Å²) in [6.07, 6.45) is 1.60. The molecule has 0 aliphatic carbocycles. The molecule has 8 heteroatoms. The molecule has 0 bridgehead atoms. The van der Waals surface area contributed by atoms with Gasteiger partial charge in [-0.1, -0.05) is 12.1 Å². The molecule has 1 aliphatic heterocycles. The summed E-state index contributed by atoms with van der Waals surface area (Å²) >= 11 is 0. The Morgan fingerprint density at radius 3 is 2.50 bits per heavy atom. The standard InChI is InChI=1S/C20H20FNO5S/c1-13-9-16-11-15(5-8-18(16)22(13)28(2,25)26)19(23)12-27-20(24)10-14-3-6-17(21)7-4-14/h3-8,11,13H,9-10,12H2,1-2H3/t13-/m0/s1. The lowest BCUT2D eigenvalue weighted by Gasteiger charge is -2.21. The van der Waals surface area contributed by atoms with E-state index in [2.05, 4.69) is 0 Å². The van der Waals surface area contributed by atoms with E-state index in [1.807, 2.05) is 0 Å². The van der Waals surface area contributed by atoms with Gasteiger partial charge < -0.3 is 4.74 Å². The van der Waals surface area contributed by atoms with Crippen LogP contribution in [0.25, 0.3) is 0 Å². The van der Waals surface area contributed by atoms with E-state index in [0.717, 1.165) is 11.8 Å². The second-order valence-electron chi connectivity index (χ2n) is 6.84. The number of Topliss-reactive ketones (excluding diaryl/α,β-unsaturated/α-hetero) is 1. The van der Waals surface area contributed by atoms with Gasteiger partial charge in [0.15, 0.2) is 12.4 Å². The number of ether oxygens (including phenoxy) is 1. The first-order chi connectivity index (χ1) is 13.1. The minimum Gasteiger partial charge on any atom is -0.457 e. The van der Waals surface area contributed by atoms with E-state index in [0.29, 0.717) is 23.2 Å². The Morgan fingerprint density at radius 2 is 1.86 bits per heavy atom. The fourth-order valence-corrected chi connectivity index (χ4v) is 4.59. The van der Waals surface area contributed by atoms with Crippen LogP contribution in [0.15, 0.2) is 42.5 Å². The Bertz CT molecular complexity index is 1020. The molecule has 1 heterocycles. The van der Waals surface area contributed by atoms with Gasteiger partial charge in [-0.2, -0.15) is 0 Å². The van der Waals surface area contributed by atoms with Crippen molar-refractivity contribution in [3.8, 4) is 0 Å². The number of carbonyl (C=O) groups is 2. The molecule has 148 valence electrons. The Balaban J connectivity index is 1.63. The molecule has 0 spiro atoms. The number of carbonyl (C=O) groups excluding carboxylic acids is 2. The van der Waals surface area contributed by atoms with Gasteiger partial charge in [0, 0.05) is 11.6 Å². The van der Waals surface area contributed by atoms with Gasteiger partial charge >= 0.3 is 5.97 Å². The van der Waals surface area contributed by atoms with Crippen LogP contribution in [0.2, 0.25) is 0 Å². The second-order valence-corrected chi connectivity index (χ2v) is 8.70. The molecule has 6 nitrogen and oxygen atoms in total. The van der Waals surface area contributed by atoms with Gasteiger partial charge in [0.25, 0.3) is 0 Å². The van der Waals surface area contributed by atoms with E-state index < -0.39 is 28.4 Å². The molecular weight excluding hydrogens is 385 g/mol. The van der Waals surface area contributed by atoms with Crippen molar-refractivity contribution in [3.05, 3.63) is 65.0 Å². The normalized spacial score (nSPS) is 16.0. The van der Waals surface area contributed by atoms with Crippen LogP contribution in [0.3, 0.4) is 0 Å². The van der Waals surface area contributed by atoms with Gasteiger partial charge in [-0.25, -0.2) is 12.8 Å². The monoisotopic (exact) mass is 405 g/mol. The second kappa shape index (κ2) is 7.71. The highest BCUT2D eigenvalue weighted by Gasteiger charge is 2.32. The highest BCUT2D eigenvalue weighted by Crippen LogP contribution is 2.34. The Kier molecular flexibility index (Phi) is 5.51. The number of rotatable bonds is 6. The number of sulfonamides is 1. The summed E-state index contributed by atoms with van der Waals surface area (Å²) in [5.74, 6) is -1.36.